The van der Waals surface area contributed by atoms with Crippen LogP contribution in [0.3, 0.4) is 0 Å². The molecule has 0 saturated carbocycles. The van der Waals surface area contributed by atoms with E-state index in [-0.39, 0.29) is 5.75 Å². The van der Waals surface area contributed by atoms with Crippen molar-refractivity contribution in [3.8, 4) is 0 Å². The maximum absolute atomic E-state index is 11.9. The summed E-state index contributed by atoms with van der Waals surface area (Å²) in [6, 6.07) is 8.79. The number of imide groups is 1. The van der Waals surface area contributed by atoms with Crippen LogP contribution in [-0.4, -0.2) is 44.5 Å². The summed E-state index contributed by atoms with van der Waals surface area (Å²) in [7, 11) is 0. The molecule has 1 atom stereocenters. The fourth-order valence-corrected chi connectivity index (χ4v) is 2.81. The molecule has 0 fully saturated rings. The van der Waals surface area contributed by atoms with E-state index >= 15 is 0 Å². The monoisotopic (exact) mass is 377 g/mol. The molecule has 3 amide bonds. The summed E-state index contributed by atoms with van der Waals surface area (Å²) in [6.45, 7) is 3.76. The molecule has 1 aromatic carbocycles. The quantitative estimate of drug-likeness (QED) is 0.540. The molecule has 138 valence electrons. The van der Waals surface area contributed by atoms with Gasteiger partial charge in [-0.2, -0.15) is 0 Å². The predicted molar refractivity (Wildman–Crippen MR) is 94.3 cm³/mol. The van der Waals surface area contributed by atoms with Crippen LogP contribution < -0.4 is 11.1 Å². The lowest BCUT2D eigenvalue weighted by Crippen LogP contribution is -2.42. The molecule has 0 saturated heterocycles. The van der Waals surface area contributed by atoms with Crippen molar-refractivity contribution in [3.05, 3.63) is 41.7 Å². The number of aromatic nitrogens is 3. The zero-order valence-electron chi connectivity index (χ0n) is 14.3. The number of nitrogens with zero attached hydrogens (tertiary/aromatic N) is 3. The highest BCUT2D eigenvalue weighted by Gasteiger charge is 2.20. The van der Waals surface area contributed by atoms with Gasteiger partial charge in [-0.05, 0) is 19.4 Å². The first-order valence-electron chi connectivity index (χ1n) is 7.73. The molecule has 26 heavy (non-hydrogen) atoms. The fraction of sp³-hybridized carbons (Fsp3) is 0.312. The van der Waals surface area contributed by atoms with Gasteiger partial charge in [0.1, 0.15) is 5.82 Å². The number of nitrogens with one attached hydrogen (secondary N) is 1. The molecular formula is C16H19N5O4S. The number of esters is 1. The van der Waals surface area contributed by atoms with Gasteiger partial charge in [-0.3, -0.25) is 14.9 Å². The maximum Gasteiger partial charge on any atom is 0.318 e. The largest absolute Gasteiger partial charge is 0.452 e. The smallest absolute Gasteiger partial charge is 0.318 e. The SMILES string of the molecule is Cc1nnc(SCC(=O)O[C@@H](C)C(=O)NC(N)=O)n1Cc1ccccc1. The Balaban J connectivity index is 1.92. The van der Waals surface area contributed by atoms with Crippen LogP contribution in [0.5, 0.6) is 0 Å². The zero-order chi connectivity index (χ0) is 19.1. The molecule has 3 N–H and O–H groups in total. The third-order valence-corrected chi connectivity index (χ3v) is 4.27. The van der Waals surface area contributed by atoms with Gasteiger partial charge in [0, 0.05) is 0 Å². The highest BCUT2D eigenvalue weighted by molar-refractivity contribution is 7.99. The zero-order valence-corrected chi connectivity index (χ0v) is 15.2. The Morgan fingerprint density at radius 3 is 2.62 bits per heavy atom. The number of nitrogens with two attached hydrogens (primary N) is 1. The second-order valence-corrected chi connectivity index (χ2v) is 6.32. The molecule has 1 aromatic heterocycles. The van der Waals surface area contributed by atoms with Crippen molar-refractivity contribution in [2.75, 3.05) is 5.75 Å². The topological polar surface area (TPSA) is 129 Å². The summed E-state index contributed by atoms with van der Waals surface area (Å²) in [5.41, 5.74) is 5.93. The van der Waals surface area contributed by atoms with Crippen LogP contribution in [0.1, 0.15) is 18.3 Å². The van der Waals surface area contributed by atoms with Crippen molar-refractivity contribution in [1.29, 1.82) is 0 Å². The number of amides is 3. The number of aryl methyl sites for hydroxylation is 1. The van der Waals surface area contributed by atoms with Crippen LogP contribution in [-0.2, 0) is 20.9 Å². The Kier molecular flexibility index (Phi) is 6.73. The summed E-state index contributed by atoms with van der Waals surface area (Å²) >= 11 is 1.15. The lowest BCUT2D eigenvalue weighted by molar-refractivity contribution is -0.151. The Hall–Kier alpha value is -2.88. The second kappa shape index (κ2) is 8.99. The van der Waals surface area contributed by atoms with E-state index in [9.17, 15) is 14.4 Å². The number of hydrogen-bond acceptors (Lipinski definition) is 7. The number of hydrogen-bond donors (Lipinski definition) is 2. The molecule has 0 radical (unpaired) electrons. The van der Waals surface area contributed by atoms with Crippen LogP contribution in [0.25, 0.3) is 0 Å². The van der Waals surface area contributed by atoms with Crippen LogP contribution in [0, 0.1) is 6.92 Å². The number of ether oxygens (including phenoxy) is 1. The summed E-state index contributed by atoms with van der Waals surface area (Å²) in [6.07, 6.45) is -1.13. The molecule has 0 unspecified atom stereocenters. The van der Waals surface area contributed by atoms with E-state index in [1.807, 2.05) is 47.1 Å². The van der Waals surface area contributed by atoms with E-state index in [1.165, 1.54) is 6.92 Å². The molecular weight excluding hydrogens is 358 g/mol. The summed E-state index contributed by atoms with van der Waals surface area (Å²) in [4.78, 5) is 34.0. The van der Waals surface area contributed by atoms with Gasteiger partial charge in [-0.25, -0.2) is 4.79 Å². The van der Waals surface area contributed by atoms with Gasteiger partial charge in [0.2, 0.25) is 0 Å². The first-order chi connectivity index (χ1) is 12.4. The van der Waals surface area contributed by atoms with Gasteiger partial charge >= 0.3 is 12.0 Å². The maximum atomic E-state index is 11.9. The Morgan fingerprint density at radius 1 is 1.27 bits per heavy atom. The molecule has 0 aliphatic heterocycles. The Labute approximate surface area is 154 Å². The number of benzene rings is 1. The van der Waals surface area contributed by atoms with Crippen molar-refractivity contribution < 1.29 is 19.1 Å². The van der Waals surface area contributed by atoms with E-state index < -0.39 is 24.0 Å². The van der Waals surface area contributed by atoms with Gasteiger partial charge in [0.05, 0.1) is 12.3 Å². The average Bonchev–Trinajstić information content (AvgIpc) is 2.93. The summed E-state index contributed by atoms with van der Waals surface area (Å²) < 4.78 is 6.85. The van der Waals surface area contributed by atoms with Crippen LogP contribution in [0.2, 0.25) is 0 Å². The summed E-state index contributed by atoms with van der Waals surface area (Å²) in [5.74, 6) is -0.729. The van der Waals surface area contributed by atoms with Crippen LogP contribution in [0.15, 0.2) is 35.5 Å². The highest BCUT2D eigenvalue weighted by atomic mass is 32.2. The molecule has 2 rings (SSSR count). The first-order valence-corrected chi connectivity index (χ1v) is 8.71. The van der Waals surface area contributed by atoms with E-state index in [0.29, 0.717) is 11.7 Å². The van der Waals surface area contributed by atoms with Gasteiger partial charge in [0.25, 0.3) is 5.91 Å². The van der Waals surface area contributed by atoms with Gasteiger partial charge in [0.15, 0.2) is 11.3 Å². The van der Waals surface area contributed by atoms with E-state index in [2.05, 4.69) is 10.2 Å². The minimum atomic E-state index is -1.13. The average molecular weight is 377 g/mol. The lowest BCUT2D eigenvalue weighted by Gasteiger charge is -2.12. The van der Waals surface area contributed by atoms with E-state index in [4.69, 9.17) is 10.5 Å². The van der Waals surface area contributed by atoms with Crippen LogP contribution in [0.4, 0.5) is 4.79 Å². The molecule has 0 bridgehead atoms. The molecule has 0 aliphatic carbocycles. The number of carbonyl (C=O) groups is 3. The predicted octanol–water partition coefficient (Wildman–Crippen LogP) is 0.854. The standard InChI is InChI=1S/C16H19N5O4S/c1-10(14(23)18-15(17)24)25-13(22)9-26-16-20-19-11(2)21(16)8-12-6-4-3-5-7-12/h3-7,10H,8-9H2,1-2H3,(H3,17,18,23,24)/t10-/m0/s1. The first kappa shape index (κ1) is 19.4. The third-order valence-electron chi connectivity index (χ3n) is 3.33. The van der Waals surface area contributed by atoms with Crippen molar-refractivity contribution in [2.45, 2.75) is 31.7 Å². The Bertz CT molecular complexity index is 793. The van der Waals surface area contributed by atoms with E-state index in [1.54, 1.807) is 0 Å². The molecule has 1 heterocycles. The van der Waals surface area contributed by atoms with Crippen LogP contribution >= 0.6 is 11.8 Å². The molecule has 2 aromatic rings. The minimum Gasteiger partial charge on any atom is -0.452 e. The number of carbonyl (C=O) groups excluding carboxylic acids is 3. The highest BCUT2D eigenvalue weighted by Crippen LogP contribution is 2.19. The van der Waals surface area contributed by atoms with Gasteiger partial charge < -0.3 is 15.0 Å². The second-order valence-electron chi connectivity index (χ2n) is 5.38. The normalized spacial score (nSPS) is 11.6. The molecule has 9 nitrogen and oxygen atoms in total. The lowest BCUT2D eigenvalue weighted by atomic mass is 10.2. The number of thioether (sulfide) groups is 1. The number of primary amides is 1. The molecule has 0 spiro atoms. The third kappa shape index (κ3) is 5.59. The van der Waals surface area contributed by atoms with Gasteiger partial charge in [-0.15, -0.1) is 10.2 Å². The van der Waals surface area contributed by atoms with Crippen molar-refractivity contribution in [2.24, 2.45) is 5.73 Å². The fourth-order valence-electron chi connectivity index (χ4n) is 2.05. The molecule has 0 aliphatic rings. The van der Waals surface area contributed by atoms with Gasteiger partial charge in [-0.1, -0.05) is 42.1 Å². The Morgan fingerprint density at radius 2 is 1.96 bits per heavy atom. The van der Waals surface area contributed by atoms with Crippen molar-refractivity contribution >= 4 is 29.7 Å². The minimum absolute atomic E-state index is 0.0544. The van der Waals surface area contributed by atoms with Crippen molar-refractivity contribution in [1.82, 2.24) is 20.1 Å². The molecule has 10 heteroatoms. The van der Waals surface area contributed by atoms with E-state index in [0.717, 1.165) is 23.1 Å². The number of urea groups is 1. The summed E-state index contributed by atoms with van der Waals surface area (Å²) in [5, 5.41) is 10.5. The van der Waals surface area contributed by atoms with Crippen molar-refractivity contribution in [3.63, 3.8) is 0 Å². The number of rotatable bonds is 7.